The molecule has 6 nitrogen and oxygen atoms in total. The summed E-state index contributed by atoms with van der Waals surface area (Å²) in [6.07, 6.45) is 5.95. The van der Waals surface area contributed by atoms with Crippen molar-refractivity contribution in [3.05, 3.63) is 17.5 Å². The van der Waals surface area contributed by atoms with Gasteiger partial charge in [-0.05, 0) is 45.0 Å². The smallest absolute Gasteiger partial charge is 0.234 e. The van der Waals surface area contributed by atoms with E-state index in [4.69, 9.17) is 0 Å². The first-order chi connectivity index (χ1) is 10.2. The van der Waals surface area contributed by atoms with Gasteiger partial charge in [0.05, 0.1) is 12.7 Å². The van der Waals surface area contributed by atoms with Crippen molar-refractivity contribution in [1.29, 1.82) is 0 Å². The predicted octanol–water partition coefficient (Wildman–Crippen LogP) is 0.0207. The molecule has 1 aliphatic carbocycles. The fraction of sp³-hybridized carbons (Fsp3) is 0.733. The number of amides is 1. The molecule has 0 radical (unpaired) electrons. The summed E-state index contributed by atoms with van der Waals surface area (Å²) in [6, 6.07) is 0.250. The normalized spacial score (nSPS) is 24.3. The molecule has 0 aromatic carbocycles. The zero-order valence-corrected chi connectivity index (χ0v) is 12.8. The number of hydrogen-bond acceptors (Lipinski definition) is 4. The third-order valence-electron chi connectivity index (χ3n) is 4.56. The third-order valence-corrected chi connectivity index (χ3v) is 4.56. The molecule has 1 fully saturated rings. The van der Waals surface area contributed by atoms with Crippen molar-refractivity contribution < 1.29 is 4.79 Å². The molecule has 0 unspecified atom stereocenters. The maximum absolute atomic E-state index is 12.2. The highest BCUT2D eigenvalue weighted by molar-refractivity contribution is 5.78. The van der Waals surface area contributed by atoms with Crippen LogP contribution in [0.15, 0.2) is 6.20 Å². The molecule has 1 aliphatic heterocycles. The Balaban J connectivity index is 1.46. The third kappa shape index (κ3) is 3.83. The first-order valence-corrected chi connectivity index (χ1v) is 7.92. The van der Waals surface area contributed by atoms with Crippen LogP contribution in [0.5, 0.6) is 0 Å². The topological polar surface area (TPSA) is 64.3 Å². The lowest BCUT2D eigenvalue weighted by atomic mass is 9.94. The number of nitrogens with zero attached hydrogens (tertiary/aromatic N) is 3. The minimum absolute atomic E-state index is 0.160. The van der Waals surface area contributed by atoms with Gasteiger partial charge in [0, 0.05) is 31.2 Å². The van der Waals surface area contributed by atoms with E-state index in [0.717, 1.165) is 51.9 Å². The number of rotatable bonds is 3. The highest BCUT2D eigenvalue weighted by Gasteiger charge is 2.22. The molecule has 3 rings (SSSR count). The van der Waals surface area contributed by atoms with Crippen LogP contribution < -0.4 is 5.32 Å². The number of carbonyl (C=O) groups excluding carboxylic acids is 1. The molecule has 0 bridgehead atoms. The van der Waals surface area contributed by atoms with E-state index in [9.17, 15) is 4.79 Å². The molecule has 6 heteroatoms. The van der Waals surface area contributed by atoms with Crippen LogP contribution in [0.25, 0.3) is 0 Å². The highest BCUT2D eigenvalue weighted by Crippen LogP contribution is 2.18. The molecule has 1 saturated heterocycles. The fourth-order valence-electron chi connectivity index (χ4n) is 3.27. The fourth-order valence-corrected chi connectivity index (χ4v) is 3.27. The van der Waals surface area contributed by atoms with Gasteiger partial charge in [-0.15, -0.1) is 0 Å². The van der Waals surface area contributed by atoms with E-state index in [1.54, 1.807) is 0 Å². The van der Waals surface area contributed by atoms with E-state index in [1.807, 2.05) is 6.20 Å². The number of fused-ring (bicyclic) bond motifs is 1. The number of nitrogens with one attached hydrogen (secondary N) is 2. The molecule has 1 aromatic heterocycles. The van der Waals surface area contributed by atoms with Gasteiger partial charge in [0.2, 0.25) is 5.91 Å². The molecule has 2 heterocycles. The number of carbonyl (C=O) groups is 1. The Morgan fingerprint density at radius 3 is 3.24 bits per heavy atom. The molecule has 2 aliphatic rings. The first kappa shape index (κ1) is 14.5. The zero-order chi connectivity index (χ0) is 14.7. The van der Waals surface area contributed by atoms with Gasteiger partial charge in [-0.3, -0.25) is 14.8 Å². The molecular formula is C15H25N5O. The second-order valence-corrected chi connectivity index (χ2v) is 6.31. The standard InChI is InChI=1S/C15H25N5O/c1-19-5-2-6-20(8-7-19)11-15(21)17-13-4-3-12-10-16-18-14(12)9-13/h10,13H,2-9,11H2,1H3,(H,16,18)(H,17,21)/t13-/m0/s1. The average molecular weight is 291 g/mol. The quantitative estimate of drug-likeness (QED) is 0.824. The van der Waals surface area contributed by atoms with Gasteiger partial charge in [0.1, 0.15) is 0 Å². The Morgan fingerprint density at radius 2 is 2.33 bits per heavy atom. The van der Waals surface area contributed by atoms with Crippen molar-refractivity contribution in [1.82, 2.24) is 25.3 Å². The summed E-state index contributed by atoms with van der Waals surface area (Å²) in [7, 11) is 2.15. The lowest BCUT2D eigenvalue weighted by molar-refractivity contribution is -0.123. The molecular weight excluding hydrogens is 266 g/mol. The highest BCUT2D eigenvalue weighted by atomic mass is 16.2. The maximum atomic E-state index is 12.2. The SMILES string of the molecule is CN1CCCN(CC(=O)N[C@H]2CCc3cn[nH]c3C2)CC1. The molecule has 21 heavy (non-hydrogen) atoms. The van der Waals surface area contributed by atoms with Crippen molar-refractivity contribution in [3.8, 4) is 0 Å². The van der Waals surface area contributed by atoms with Crippen molar-refractivity contribution in [2.75, 3.05) is 39.8 Å². The number of likely N-dealkylation sites (N-methyl/N-ethyl adjacent to an activating group) is 1. The van der Waals surface area contributed by atoms with E-state index < -0.39 is 0 Å². The Morgan fingerprint density at radius 1 is 1.43 bits per heavy atom. The van der Waals surface area contributed by atoms with Crippen LogP contribution in [-0.2, 0) is 17.6 Å². The average Bonchev–Trinajstić information content (AvgIpc) is 2.82. The predicted molar refractivity (Wildman–Crippen MR) is 81.1 cm³/mol. The largest absolute Gasteiger partial charge is 0.352 e. The van der Waals surface area contributed by atoms with Crippen LogP contribution in [0.4, 0.5) is 0 Å². The Bertz CT molecular complexity index is 486. The van der Waals surface area contributed by atoms with E-state index in [2.05, 4.69) is 32.4 Å². The summed E-state index contributed by atoms with van der Waals surface area (Å²) in [6.45, 7) is 4.71. The molecule has 1 aromatic rings. The van der Waals surface area contributed by atoms with Gasteiger partial charge in [-0.25, -0.2) is 0 Å². The lowest BCUT2D eigenvalue weighted by Crippen LogP contribution is -2.45. The molecule has 0 saturated carbocycles. The van der Waals surface area contributed by atoms with Crippen LogP contribution >= 0.6 is 0 Å². The minimum atomic E-state index is 0.160. The first-order valence-electron chi connectivity index (χ1n) is 7.92. The van der Waals surface area contributed by atoms with Gasteiger partial charge in [-0.2, -0.15) is 5.10 Å². The molecule has 2 N–H and O–H groups in total. The summed E-state index contributed by atoms with van der Waals surface area (Å²) < 4.78 is 0. The minimum Gasteiger partial charge on any atom is -0.352 e. The van der Waals surface area contributed by atoms with E-state index in [-0.39, 0.29) is 11.9 Å². The molecule has 1 atom stereocenters. The van der Waals surface area contributed by atoms with Crippen molar-refractivity contribution >= 4 is 5.91 Å². The summed E-state index contributed by atoms with van der Waals surface area (Å²) in [5.41, 5.74) is 2.49. The lowest BCUT2D eigenvalue weighted by Gasteiger charge is -2.25. The monoisotopic (exact) mass is 291 g/mol. The van der Waals surface area contributed by atoms with Gasteiger partial charge in [0.15, 0.2) is 0 Å². The Kier molecular flexibility index (Phi) is 4.55. The van der Waals surface area contributed by atoms with E-state index in [0.29, 0.717) is 6.54 Å². The van der Waals surface area contributed by atoms with Crippen LogP contribution in [0, 0.1) is 0 Å². The summed E-state index contributed by atoms with van der Waals surface area (Å²) in [5, 5.41) is 10.3. The second kappa shape index (κ2) is 6.58. The molecule has 1 amide bonds. The van der Waals surface area contributed by atoms with Crippen LogP contribution in [-0.4, -0.2) is 71.7 Å². The van der Waals surface area contributed by atoms with Crippen LogP contribution in [0.2, 0.25) is 0 Å². The van der Waals surface area contributed by atoms with Gasteiger partial charge in [-0.1, -0.05) is 0 Å². The van der Waals surface area contributed by atoms with Crippen molar-refractivity contribution in [2.45, 2.75) is 31.7 Å². The van der Waals surface area contributed by atoms with Gasteiger partial charge in [0.25, 0.3) is 0 Å². The Labute approximate surface area is 125 Å². The van der Waals surface area contributed by atoms with E-state index in [1.165, 1.54) is 11.3 Å². The molecule has 116 valence electrons. The van der Waals surface area contributed by atoms with Crippen LogP contribution in [0.1, 0.15) is 24.1 Å². The maximum Gasteiger partial charge on any atom is 0.234 e. The van der Waals surface area contributed by atoms with E-state index >= 15 is 0 Å². The van der Waals surface area contributed by atoms with Crippen molar-refractivity contribution in [2.24, 2.45) is 0 Å². The van der Waals surface area contributed by atoms with Crippen molar-refractivity contribution in [3.63, 3.8) is 0 Å². The summed E-state index contributed by atoms with van der Waals surface area (Å²) >= 11 is 0. The molecule has 0 spiro atoms. The number of aromatic amines is 1. The number of hydrogen-bond donors (Lipinski definition) is 2. The zero-order valence-electron chi connectivity index (χ0n) is 12.8. The Hall–Kier alpha value is -1.40. The van der Waals surface area contributed by atoms with Gasteiger partial charge >= 0.3 is 0 Å². The summed E-state index contributed by atoms with van der Waals surface area (Å²) in [4.78, 5) is 16.8. The van der Waals surface area contributed by atoms with Crippen LogP contribution in [0.3, 0.4) is 0 Å². The van der Waals surface area contributed by atoms with Gasteiger partial charge < -0.3 is 10.2 Å². The second-order valence-electron chi connectivity index (χ2n) is 6.31. The number of aryl methyl sites for hydroxylation is 1. The number of aromatic nitrogens is 2. The number of H-pyrrole nitrogens is 1. The summed E-state index contributed by atoms with van der Waals surface area (Å²) in [5.74, 6) is 0.160.